The van der Waals surface area contributed by atoms with Crippen LogP contribution in [0.4, 0.5) is 16.3 Å². The molecule has 3 rings (SSSR count). The third kappa shape index (κ3) is 4.09. The van der Waals surface area contributed by atoms with Gasteiger partial charge in [-0.05, 0) is 0 Å². The number of benzene rings is 1. The van der Waals surface area contributed by atoms with E-state index in [0.717, 1.165) is 5.82 Å². The molecule has 1 aliphatic heterocycles. The van der Waals surface area contributed by atoms with Crippen LogP contribution in [-0.2, 0) is 0 Å². The number of carbonyl (C=O) groups excluding carboxylic acids is 1. The van der Waals surface area contributed by atoms with Gasteiger partial charge in [0.1, 0.15) is 17.3 Å². The van der Waals surface area contributed by atoms with E-state index in [1.165, 1.54) is 0 Å². The number of carbonyl (C=O) groups is 1. The van der Waals surface area contributed by atoms with Gasteiger partial charge in [-0.3, -0.25) is 4.98 Å². The third-order valence-electron chi connectivity index (χ3n) is 4.04. The van der Waals surface area contributed by atoms with E-state index in [0.29, 0.717) is 43.4 Å². The number of methoxy groups -OCH3 is 2. The Morgan fingerprint density at radius 1 is 1.04 bits per heavy atom. The Labute approximate surface area is 146 Å². The standard InChI is InChI=1S/C17H21N5O3/c1-24-14-9-13(10-15(11-14)25-2)20-17(23)22-7-5-21(6-8-22)16-12-18-3-4-19-16/h3-4,9-12H,5-8H2,1-2H3,(H,20,23). The third-order valence-corrected chi connectivity index (χ3v) is 4.04. The molecule has 8 nitrogen and oxygen atoms in total. The van der Waals surface area contributed by atoms with Crippen LogP contribution in [0.15, 0.2) is 36.8 Å². The number of aromatic nitrogens is 2. The molecule has 0 bridgehead atoms. The molecule has 132 valence electrons. The maximum atomic E-state index is 12.5. The number of piperazine rings is 1. The fourth-order valence-corrected chi connectivity index (χ4v) is 2.68. The first-order valence-corrected chi connectivity index (χ1v) is 7.99. The average Bonchev–Trinajstić information content (AvgIpc) is 2.68. The summed E-state index contributed by atoms with van der Waals surface area (Å²) in [5, 5.41) is 2.90. The summed E-state index contributed by atoms with van der Waals surface area (Å²) in [5.74, 6) is 2.09. The maximum Gasteiger partial charge on any atom is 0.321 e. The normalized spacial score (nSPS) is 14.2. The molecule has 1 aliphatic rings. The molecular formula is C17H21N5O3. The Morgan fingerprint density at radius 2 is 1.72 bits per heavy atom. The number of nitrogens with zero attached hydrogens (tertiary/aromatic N) is 4. The lowest BCUT2D eigenvalue weighted by Gasteiger charge is -2.35. The first kappa shape index (κ1) is 16.8. The molecule has 2 heterocycles. The van der Waals surface area contributed by atoms with Crippen LogP contribution in [0, 0.1) is 0 Å². The topological polar surface area (TPSA) is 79.8 Å². The summed E-state index contributed by atoms with van der Waals surface area (Å²) in [5.41, 5.74) is 0.637. The summed E-state index contributed by atoms with van der Waals surface area (Å²) in [6.45, 7) is 2.66. The van der Waals surface area contributed by atoms with Crippen molar-refractivity contribution >= 4 is 17.5 Å². The lowest BCUT2D eigenvalue weighted by molar-refractivity contribution is 0.208. The molecule has 1 N–H and O–H groups in total. The van der Waals surface area contributed by atoms with Crippen molar-refractivity contribution in [3.8, 4) is 11.5 Å². The van der Waals surface area contributed by atoms with Crippen LogP contribution in [0.2, 0.25) is 0 Å². The van der Waals surface area contributed by atoms with Crippen LogP contribution in [0.5, 0.6) is 11.5 Å². The first-order chi connectivity index (χ1) is 12.2. The average molecular weight is 343 g/mol. The zero-order valence-electron chi connectivity index (χ0n) is 14.3. The lowest BCUT2D eigenvalue weighted by atomic mass is 10.2. The zero-order valence-corrected chi connectivity index (χ0v) is 14.3. The molecule has 0 saturated carbocycles. The largest absolute Gasteiger partial charge is 0.497 e. The SMILES string of the molecule is COc1cc(NC(=O)N2CCN(c3cnccn3)CC2)cc(OC)c1. The number of nitrogens with one attached hydrogen (secondary N) is 1. The minimum atomic E-state index is -0.144. The predicted molar refractivity (Wildman–Crippen MR) is 94.4 cm³/mol. The van der Waals surface area contributed by atoms with Crippen molar-refractivity contribution in [2.45, 2.75) is 0 Å². The number of hydrogen-bond donors (Lipinski definition) is 1. The van der Waals surface area contributed by atoms with Gasteiger partial charge < -0.3 is 24.6 Å². The fraction of sp³-hybridized carbons (Fsp3) is 0.353. The van der Waals surface area contributed by atoms with E-state index in [1.54, 1.807) is 55.9 Å². The molecule has 25 heavy (non-hydrogen) atoms. The fourth-order valence-electron chi connectivity index (χ4n) is 2.68. The van der Waals surface area contributed by atoms with Crippen LogP contribution in [0.25, 0.3) is 0 Å². The minimum Gasteiger partial charge on any atom is -0.497 e. The predicted octanol–water partition coefficient (Wildman–Crippen LogP) is 1.85. The molecule has 1 fully saturated rings. The number of hydrogen-bond acceptors (Lipinski definition) is 6. The Morgan fingerprint density at radius 3 is 2.28 bits per heavy atom. The zero-order chi connectivity index (χ0) is 17.6. The van der Waals surface area contributed by atoms with Crippen LogP contribution in [0.1, 0.15) is 0 Å². The second-order valence-electron chi connectivity index (χ2n) is 5.57. The van der Waals surface area contributed by atoms with Gasteiger partial charge in [0.05, 0.1) is 20.4 Å². The maximum absolute atomic E-state index is 12.5. The Balaban J connectivity index is 1.60. The van der Waals surface area contributed by atoms with Crippen LogP contribution in [-0.4, -0.2) is 61.3 Å². The summed E-state index contributed by atoms with van der Waals surface area (Å²) >= 11 is 0. The first-order valence-electron chi connectivity index (χ1n) is 7.99. The molecule has 8 heteroatoms. The molecule has 2 amide bonds. The van der Waals surface area contributed by atoms with Gasteiger partial charge in [0.15, 0.2) is 0 Å². The number of rotatable bonds is 4. The second-order valence-corrected chi connectivity index (χ2v) is 5.57. The van der Waals surface area contributed by atoms with Gasteiger partial charge >= 0.3 is 6.03 Å². The minimum absolute atomic E-state index is 0.144. The summed E-state index contributed by atoms with van der Waals surface area (Å²) in [7, 11) is 3.15. The van der Waals surface area contributed by atoms with Crippen molar-refractivity contribution < 1.29 is 14.3 Å². The van der Waals surface area contributed by atoms with Crippen LogP contribution in [0.3, 0.4) is 0 Å². The highest BCUT2D eigenvalue weighted by Gasteiger charge is 2.22. The Bertz CT molecular complexity index is 695. The van der Waals surface area contributed by atoms with Crippen molar-refractivity contribution in [1.29, 1.82) is 0 Å². The molecule has 0 spiro atoms. The van der Waals surface area contributed by atoms with E-state index in [1.807, 2.05) is 0 Å². The monoisotopic (exact) mass is 343 g/mol. The molecule has 1 aromatic heterocycles. The molecule has 0 atom stereocenters. The summed E-state index contributed by atoms with van der Waals surface area (Å²) in [6, 6.07) is 5.14. The van der Waals surface area contributed by atoms with Gasteiger partial charge in [0, 0.05) is 62.5 Å². The Hall–Kier alpha value is -3.03. The summed E-state index contributed by atoms with van der Waals surface area (Å²) in [6.07, 6.45) is 5.05. The van der Waals surface area contributed by atoms with Gasteiger partial charge in [-0.15, -0.1) is 0 Å². The smallest absolute Gasteiger partial charge is 0.321 e. The van der Waals surface area contributed by atoms with E-state index in [2.05, 4.69) is 20.2 Å². The summed E-state index contributed by atoms with van der Waals surface area (Å²) in [4.78, 5) is 24.8. The van der Waals surface area contributed by atoms with Gasteiger partial charge in [0.25, 0.3) is 0 Å². The van der Waals surface area contributed by atoms with Crippen molar-refractivity contribution in [3.63, 3.8) is 0 Å². The van der Waals surface area contributed by atoms with Crippen molar-refractivity contribution in [2.75, 3.05) is 50.6 Å². The molecule has 2 aromatic rings. The van der Waals surface area contributed by atoms with Gasteiger partial charge in [0.2, 0.25) is 0 Å². The summed E-state index contributed by atoms with van der Waals surface area (Å²) < 4.78 is 10.4. The highest BCUT2D eigenvalue weighted by Crippen LogP contribution is 2.26. The number of anilines is 2. The van der Waals surface area contributed by atoms with E-state index in [4.69, 9.17) is 9.47 Å². The van der Waals surface area contributed by atoms with Crippen LogP contribution >= 0.6 is 0 Å². The lowest BCUT2D eigenvalue weighted by Crippen LogP contribution is -2.50. The van der Waals surface area contributed by atoms with E-state index in [-0.39, 0.29) is 6.03 Å². The van der Waals surface area contributed by atoms with Gasteiger partial charge in [-0.2, -0.15) is 0 Å². The number of urea groups is 1. The number of amides is 2. The van der Waals surface area contributed by atoms with Crippen molar-refractivity contribution in [1.82, 2.24) is 14.9 Å². The molecule has 0 unspecified atom stereocenters. The highest BCUT2D eigenvalue weighted by atomic mass is 16.5. The molecule has 0 aliphatic carbocycles. The van der Waals surface area contributed by atoms with Gasteiger partial charge in [-0.25, -0.2) is 9.78 Å². The van der Waals surface area contributed by atoms with Crippen molar-refractivity contribution in [2.24, 2.45) is 0 Å². The Kier molecular flexibility index (Phi) is 5.17. The van der Waals surface area contributed by atoms with Crippen LogP contribution < -0.4 is 19.7 Å². The van der Waals surface area contributed by atoms with E-state index < -0.39 is 0 Å². The van der Waals surface area contributed by atoms with Gasteiger partial charge in [-0.1, -0.05) is 0 Å². The number of ether oxygens (including phenoxy) is 2. The molecule has 1 aromatic carbocycles. The molecular weight excluding hydrogens is 322 g/mol. The quantitative estimate of drug-likeness (QED) is 0.913. The second kappa shape index (κ2) is 7.69. The van der Waals surface area contributed by atoms with E-state index >= 15 is 0 Å². The molecule has 0 radical (unpaired) electrons. The molecule has 1 saturated heterocycles. The van der Waals surface area contributed by atoms with Crippen molar-refractivity contribution in [3.05, 3.63) is 36.8 Å². The van der Waals surface area contributed by atoms with E-state index in [9.17, 15) is 4.79 Å². The highest BCUT2D eigenvalue weighted by molar-refractivity contribution is 5.90.